The number of aromatic nitrogens is 1. The summed E-state index contributed by atoms with van der Waals surface area (Å²) in [5.41, 5.74) is 1.45. The summed E-state index contributed by atoms with van der Waals surface area (Å²) in [4.78, 5) is 24.3. The second kappa shape index (κ2) is 8.27. The Kier molecular flexibility index (Phi) is 5.67. The summed E-state index contributed by atoms with van der Waals surface area (Å²) < 4.78 is 47.0. The zero-order chi connectivity index (χ0) is 22.2. The van der Waals surface area contributed by atoms with Crippen LogP contribution in [0.4, 0.5) is 4.39 Å². The molecule has 1 atom stereocenters. The van der Waals surface area contributed by atoms with Gasteiger partial charge in [-0.25, -0.2) is 17.6 Å². The second-order valence-corrected chi connectivity index (χ2v) is 9.54. The molecule has 1 amide bonds. The van der Waals surface area contributed by atoms with E-state index in [0.29, 0.717) is 24.9 Å². The predicted molar refractivity (Wildman–Crippen MR) is 111 cm³/mol. The lowest BCUT2D eigenvalue weighted by Gasteiger charge is -2.31. The van der Waals surface area contributed by atoms with Crippen LogP contribution in [-0.4, -0.2) is 36.3 Å². The van der Waals surface area contributed by atoms with E-state index in [0.717, 1.165) is 5.56 Å². The van der Waals surface area contributed by atoms with Crippen LogP contribution in [0.3, 0.4) is 0 Å². The van der Waals surface area contributed by atoms with Gasteiger partial charge in [-0.3, -0.25) is 9.36 Å². The number of hydrogen-bond acceptors (Lipinski definition) is 5. The van der Waals surface area contributed by atoms with Crippen molar-refractivity contribution in [2.24, 2.45) is 13.0 Å². The van der Waals surface area contributed by atoms with Gasteiger partial charge in [0.05, 0.1) is 16.3 Å². The molecule has 2 aromatic carbocycles. The highest BCUT2D eigenvalue weighted by Gasteiger charge is 2.33. The summed E-state index contributed by atoms with van der Waals surface area (Å²) in [5, 5.41) is 2.80. The van der Waals surface area contributed by atoms with E-state index in [1.165, 1.54) is 39.2 Å². The van der Waals surface area contributed by atoms with E-state index in [9.17, 15) is 22.4 Å². The number of fused-ring (bicyclic) bond motifs is 1. The molecule has 10 heteroatoms. The van der Waals surface area contributed by atoms with Gasteiger partial charge in [0, 0.05) is 32.7 Å². The SMILES string of the molecule is Cn1c(=O)oc2cc(S(=O)(=O)N3CCCC(C(=O)NCc4ccc(F)cc4)C3)ccc21. The van der Waals surface area contributed by atoms with Crippen molar-refractivity contribution in [3.05, 3.63) is 64.4 Å². The summed E-state index contributed by atoms with van der Waals surface area (Å²) in [6.07, 6.45) is 1.13. The highest BCUT2D eigenvalue weighted by molar-refractivity contribution is 7.89. The van der Waals surface area contributed by atoms with Gasteiger partial charge < -0.3 is 9.73 Å². The number of amides is 1. The quantitative estimate of drug-likeness (QED) is 0.645. The fourth-order valence-corrected chi connectivity index (χ4v) is 5.27. The summed E-state index contributed by atoms with van der Waals surface area (Å²) in [5.74, 6) is -1.65. The molecule has 0 spiro atoms. The number of oxazole rings is 1. The van der Waals surface area contributed by atoms with Crippen molar-refractivity contribution in [2.75, 3.05) is 13.1 Å². The molecular formula is C21H22FN3O5S. The first kappa shape index (κ1) is 21.3. The number of aryl methyl sites for hydroxylation is 1. The van der Waals surface area contributed by atoms with Gasteiger partial charge in [-0.15, -0.1) is 0 Å². The number of halogens is 1. The first-order chi connectivity index (χ1) is 14.8. The number of piperidine rings is 1. The predicted octanol–water partition coefficient (Wildman–Crippen LogP) is 1.99. The Balaban J connectivity index is 1.47. The zero-order valence-corrected chi connectivity index (χ0v) is 17.7. The van der Waals surface area contributed by atoms with Crippen molar-refractivity contribution in [2.45, 2.75) is 24.3 Å². The number of carbonyl (C=O) groups excluding carboxylic acids is 1. The number of carbonyl (C=O) groups is 1. The van der Waals surface area contributed by atoms with Crippen LogP contribution in [-0.2, 0) is 28.4 Å². The molecule has 4 rings (SSSR count). The fraction of sp³-hybridized carbons (Fsp3) is 0.333. The Morgan fingerprint density at radius 1 is 1.23 bits per heavy atom. The normalized spacial score (nSPS) is 17.7. The van der Waals surface area contributed by atoms with Crippen molar-refractivity contribution >= 4 is 27.0 Å². The molecular weight excluding hydrogens is 425 g/mol. The van der Waals surface area contributed by atoms with Gasteiger partial charge in [0.2, 0.25) is 15.9 Å². The minimum absolute atomic E-state index is 0.0155. The molecule has 1 fully saturated rings. The molecule has 0 saturated carbocycles. The molecule has 1 aliphatic heterocycles. The van der Waals surface area contributed by atoms with Gasteiger partial charge in [-0.2, -0.15) is 4.31 Å². The highest BCUT2D eigenvalue weighted by Crippen LogP contribution is 2.26. The van der Waals surface area contributed by atoms with Crippen LogP contribution in [0.5, 0.6) is 0 Å². The second-order valence-electron chi connectivity index (χ2n) is 7.60. The molecule has 1 N–H and O–H groups in total. The Labute approximate surface area is 178 Å². The van der Waals surface area contributed by atoms with Crippen LogP contribution in [0, 0.1) is 11.7 Å². The van der Waals surface area contributed by atoms with Gasteiger partial charge in [0.15, 0.2) is 5.58 Å². The van der Waals surface area contributed by atoms with Gasteiger partial charge >= 0.3 is 5.76 Å². The summed E-state index contributed by atoms with van der Waals surface area (Å²) in [6, 6.07) is 10.1. The van der Waals surface area contributed by atoms with Gasteiger partial charge in [-0.05, 0) is 42.7 Å². The Bertz CT molecular complexity index is 1280. The third-order valence-electron chi connectivity index (χ3n) is 5.54. The highest BCUT2D eigenvalue weighted by atomic mass is 32.2. The van der Waals surface area contributed by atoms with Gasteiger partial charge in [0.1, 0.15) is 5.82 Å². The summed E-state index contributed by atoms with van der Waals surface area (Å²) in [7, 11) is -2.31. The van der Waals surface area contributed by atoms with E-state index in [1.54, 1.807) is 19.2 Å². The first-order valence-corrected chi connectivity index (χ1v) is 11.3. The Morgan fingerprint density at radius 3 is 2.71 bits per heavy atom. The number of nitrogens with zero attached hydrogens (tertiary/aromatic N) is 2. The minimum atomic E-state index is -3.86. The minimum Gasteiger partial charge on any atom is -0.408 e. The molecule has 1 unspecified atom stereocenters. The summed E-state index contributed by atoms with van der Waals surface area (Å²) >= 11 is 0. The maximum atomic E-state index is 13.1. The lowest BCUT2D eigenvalue weighted by atomic mass is 9.99. The average molecular weight is 447 g/mol. The molecule has 1 aromatic heterocycles. The maximum absolute atomic E-state index is 13.1. The van der Waals surface area contributed by atoms with Gasteiger partial charge in [-0.1, -0.05) is 12.1 Å². The van der Waals surface area contributed by atoms with Crippen LogP contribution in [0.2, 0.25) is 0 Å². The third-order valence-corrected chi connectivity index (χ3v) is 7.40. The Morgan fingerprint density at radius 2 is 1.97 bits per heavy atom. The number of rotatable bonds is 5. The van der Waals surface area contributed by atoms with Crippen LogP contribution < -0.4 is 11.1 Å². The van der Waals surface area contributed by atoms with E-state index >= 15 is 0 Å². The molecule has 31 heavy (non-hydrogen) atoms. The Hall–Kier alpha value is -2.98. The zero-order valence-electron chi connectivity index (χ0n) is 16.9. The van der Waals surface area contributed by atoms with E-state index in [-0.39, 0.29) is 35.3 Å². The fourth-order valence-electron chi connectivity index (χ4n) is 3.73. The van der Waals surface area contributed by atoms with Crippen molar-refractivity contribution in [1.82, 2.24) is 14.2 Å². The lowest BCUT2D eigenvalue weighted by molar-refractivity contribution is -0.126. The third kappa shape index (κ3) is 4.26. The first-order valence-electron chi connectivity index (χ1n) is 9.87. The topological polar surface area (TPSA) is 102 Å². The number of nitrogens with one attached hydrogen (secondary N) is 1. The molecule has 2 heterocycles. The van der Waals surface area contributed by atoms with Crippen LogP contribution in [0.15, 0.2) is 56.6 Å². The van der Waals surface area contributed by atoms with Crippen molar-refractivity contribution in [3.63, 3.8) is 0 Å². The van der Waals surface area contributed by atoms with Crippen LogP contribution in [0.25, 0.3) is 11.1 Å². The molecule has 3 aromatic rings. The largest absolute Gasteiger partial charge is 0.419 e. The van der Waals surface area contributed by atoms with E-state index in [4.69, 9.17) is 4.42 Å². The molecule has 0 aliphatic carbocycles. The van der Waals surface area contributed by atoms with Crippen LogP contribution in [0.1, 0.15) is 18.4 Å². The number of sulfonamides is 1. The average Bonchev–Trinajstić information content (AvgIpc) is 3.06. The van der Waals surface area contributed by atoms with E-state index in [2.05, 4.69) is 5.32 Å². The maximum Gasteiger partial charge on any atom is 0.419 e. The van der Waals surface area contributed by atoms with E-state index < -0.39 is 21.7 Å². The molecule has 0 bridgehead atoms. The summed E-state index contributed by atoms with van der Waals surface area (Å²) in [6.45, 7) is 0.612. The molecule has 1 saturated heterocycles. The van der Waals surface area contributed by atoms with Crippen molar-refractivity contribution < 1.29 is 22.0 Å². The standard InChI is InChI=1S/C21H22FN3O5S/c1-24-18-9-8-17(11-19(18)30-21(24)27)31(28,29)25-10-2-3-15(13-25)20(26)23-12-14-4-6-16(22)7-5-14/h4-9,11,15H,2-3,10,12-13H2,1H3,(H,23,26). The van der Waals surface area contributed by atoms with Gasteiger partial charge in [0.25, 0.3) is 0 Å². The number of benzene rings is 2. The molecule has 1 aliphatic rings. The van der Waals surface area contributed by atoms with Crippen molar-refractivity contribution in [3.8, 4) is 0 Å². The monoisotopic (exact) mass is 447 g/mol. The van der Waals surface area contributed by atoms with E-state index in [1.807, 2.05) is 0 Å². The molecule has 164 valence electrons. The van der Waals surface area contributed by atoms with Crippen molar-refractivity contribution in [1.29, 1.82) is 0 Å². The molecule has 8 nitrogen and oxygen atoms in total. The van der Waals surface area contributed by atoms with Crippen LogP contribution >= 0.6 is 0 Å². The molecule has 0 radical (unpaired) electrons. The number of hydrogen-bond donors (Lipinski definition) is 1. The lowest BCUT2D eigenvalue weighted by Crippen LogP contribution is -2.45. The smallest absolute Gasteiger partial charge is 0.408 e.